The van der Waals surface area contributed by atoms with E-state index in [0.29, 0.717) is 25.8 Å². The van der Waals surface area contributed by atoms with Gasteiger partial charge < -0.3 is 25.6 Å². The lowest BCUT2D eigenvalue weighted by Gasteiger charge is -2.36. The van der Waals surface area contributed by atoms with Crippen LogP contribution < -0.4 is 16.0 Å². The molecule has 0 aromatic carbocycles. The number of hydrogen-bond acceptors (Lipinski definition) is 6. The molecule has 1 aliphatic heterocycles. The number of amides is 4. The van der Waals surface area contributed by atoms with E-state index in [4.69, 9.17) is 4.74 Å². The monoisotopic (exact) mass is 588 g/mol. The average molecular weight is 589 g/mol. The third kappa shape index (κ3) is 10.3. The number of unbranched alkanes of at least 4 members (excludes halogenated alkanes) is 1. The quantitative estimate of drug-likeness (QED) is 0.159. The molecular weight excluding hydrogens is 536 g/mol. The Morgan fingerprint density at radius 3 is 2.21 bits per heavy atom. The molecule has 0 aromatic heterocycles. The highest BCUT2D eigenvalue weighted by molar-refractivity contribution is 6.38. The summed E-state index contributed by atoms with van der Waals surface area (Å²) in [5.74, 6) is -2.45. The molecule has 2 rings (SSSR count). The van der Waals surface area contributed by atoms with Crippen molar-refractivity contribution in [1.29, 1.82) is 0 Å². The summed E-state index contributed by atoms with van der Waals surface area (Å²) in [5.41, 5.74) is -0.728. The molecule has 2 fully saturated rings. The molecule has 1 saturated carbocycles. The summed E-state index contributed by atoms with van der Waals surface area (Å²) in [6.07, 6.45) is 9.17. The van der Waals surface area contributed by atoms with Crippen molar-refractivity contribution >= 4 is 29.6 Å². The first kappa shape index (κ1) is 35.0. The van der Waals surface area contributed by atoms with Crippen LogP contribution in [-0.4, -0.2) is 71.3 Å². The van der Waals surface area contributed by atoms with Gasteiger partial charge in [0.15, 0.2) is 0 Å². The van der Waals surface area contributed by atoms with Crippen LogP contribution in [-0.2, 0) is 23.9 Å². The second-order valence-electron chi connectivity index (χ2n) is 12.8. The standard InChI is InChI=1S/C32H52N4O6/c1-8-10-12-17-24(27(37)29(39)33-19-9-2)34-28(38)26-23(21(3)4)18-20-36(26)30(40)25(22-15-13-11-14-16-22)35-31(41)42-32(5,6)7/h8-9,21-26H,1-2,10-20H2,3-7H3,(H,33,39)(H,34,38)(H,35,41)/t23?,24?,25-,26-/m0/s1. The number of likely N-dealkylation sites (tertiary alicyclic amines) is 1. The van der Waals surface area contributed by atoms with E-state index >= 15 is 0 Å². The molecule has 0 radical (unpaired) electrons. The molecule has 10 nitrogen and oxygen atoms in total. The third-order valence-electron chi connectivity index (χ3n) is 8.08. The fraction of sp³-hybridized carbons (Fsp3) is 0.719. The van der Waals surface area contributed by atoms with Crippen LogP contribution in [0, 0.1) is 17.8 Å². The van der Waals surface area contributed by atoms with Gasteiger partial charge in [0.25, 0.3) is 5.91 Å². The Morgan fingerprint density at radius 1 is 0.976 bits per heavy atom. The smallest absolute Gasteiger partial charge is 0.408 e. The zero-order valence-electron chi connectivity index (χ0n) is 26.2. The lowest BCUT2D eigenvalue weighted by atomic mass is 9.83. The first-order valence-electron chi connectivity index (χ1n) is 15.4. The Balaban J connectivity index is 2.35. The lowest BCUT2D eigenvalue weighted by molar-refractivity contribution is -0.144. The van der Waals surface area contributed by atoms with Crippen molar-refractivity contribution in [2.75, 3.05) is 13.1 Å². The Kier molecular flexibility index (Phi) is 13.7. The van der Waals surface area contributed by atoms with Gasteiger partial charge in [0, 0.05) is 13.1 Å². The maximum Gasteiger partial charge on any atom is 0.408 e. The van der Waals surface area contributed by atoms with E-state index in [0.717, 1.165) is 32.1 Å². The molecule has 1 aliphatic carbocycles. The SMILES string of the molecule is C=CCCCC(NC(=O)[C@@H]1C(C(C)C)CCN1C(=O)[C@@H](NC(=O)OC(C)(C)C)C1CCCCC1)C(=O)C(=O)NCC=C. The zero-order valence-corrected chi connectivity index (χ0v) is 26.2. The summed E-state index contributed by atoms with van der Waals surface area (Å²) in [5, 5.41) is 8.15. The maximum absolute atomic E-state index is 14.2. The van der Waals surface area contributed by atoms with Crippen molar-refractivity contribution in [1.82, 2.24) is 20.9 Å². The van der Waals surface area contributed by atoms with E-state index in [1.807, 2.05) is 13.8 Å². The number of carbonyl (C=O) groups excluding carboxylic acids is 5. The molecule has 3 N–H and O–H groups in total. The number of Topliss-reactive ketones (excluding diaryl/α,β-unsaturated/α-hetero) is 1. The molecule has 2 unspecified atom stereocenters. The van der Waals surface area contributed by atoms with E-state index in [1.165, 1.54) is 6.08 Å². The first-order chi connectivity index (χ1) is 19.8. The molecule has 4 amide bonds. The van der Waals surface area contributed by atoms with Gasteiger partial charge in [0.2, 0.25) is 17.6 Å². The van der Waals surface area contributed by atoms with Crippen molar-refractivity contribution in [3.8, 4) is 0 Å². The van der Waals surface area contributed by atoms with Gasteiger partial charge in [-0.15, -0.1) is 13.2 Å². The number of ketones is 1. The predicted molar refractivity (Wildman–Crippen MR) is 162 cm³/mol. The molecule has 42 heavy (non-hydrogen) atoms. The van der Waals surface area contributed by atoms with Crippen LogP contribution in [0.1, 0.15) is 92.4 Å². The summed E-state index contributed by atoms with van der Waals surface area (Å²) >= 11 is 0. The average Bonchev–Trinajstić information content (AvgIpc) is 3.39. The topological polar surface area (TPSA) is 134 Å². The number of allylic oxidation sites excluding steroid dienone is 1. The van der Waals surface area contributed by atoms with E-state index in [-0.39, 0.29) is 36.6 Å². The van der Waals surface area contributed by atoms with Gasteiger partial charge in [-0.1, -0.05) is 45.3 Å². The van der Waals surface area contributed by atoms with E-state index in [9.17, 15) is 24.0 Å². The van der Waals surface area contributed by atoms with E-state index in [1.54, 1.807) is 31.7 Å². The summed E-state index contributed by atoms with van der Waals surface area (Å²) in [4.78, 5) is 68.1. The van der Waals surface area contributed by atoms with Crippen LogP contribution in [0.3, 0.4) is 0 Å². The van der Waals surface area contributed by atoms with Gasteiger partial charge in [-0.3, -0.25) is 19.2 Å². The number of hydrogen-bond donors (Lipinski definition) is 3. The van der Waals surface area contributed by atoms with Crippen LogP contribution in [0.25, 0.3) is 0 Å². The lowest BCUT2D eigenvalue weighted by Crippen LogP contribution is -2.59. The van der Waals surface area contributed by atoms with Gasteiger partial charge in [-0.2, -0.15) is 0 Å². The molecule has 4 atom stereocenters. The zero-order chi connectivity index (χ0) is 31.4. The van der Waals surface area contributed by atoms with Gasteiger partial charge >= 0.3 is 6.09 Å². The molecule has 0 spiro atoms. The largest absolute Gasteiger partial charge is 0.444 e. The van der Waals surface area contributed by atoms with E-state index < -0.39 is 47.4 Å². The second-order valence-corrected chi connectivity index (χ2v) is 12.8. The minimum Gasteiger partial charge on any atom is -0.444 e. The van der Waals surface area contributed by atoms with E-state index in [2.05, 4.69) is 29.1 Å². The van der Waals surface area contributed by atoms with Crippen molar-refractivity contribution in [3.63, 3.8) is 0 Å². The highest BCUT2D eigenvalue weighted by atomic mass is 16.6. The highest BCUT2D eigenvalue weighted by Crippen LogP contribution is 2.34. The molecule has 236 valence electrons. The molecule has 1 heterocycles. The molecule has 1 saturated heterocycles. The Hall–Kier alpha value is -3.17. The van der Waals surface area contributed by atoms with Gasteiger partial charge in [0.1, 0.15) is 17.7 Å². The summed E-state index contributed by atoms with van der Waals surface area (Å²) in [7, 11) is 0. The molecule has 0 aromatic rings. The van der Waals surface area contributed by atoms with Crippen LogP contribution in [0.4, 0.5) is 4.79 Å². The molecule has 2 aliphatic rings. The van der Waals surface area contributed by atoms with Crippen LogP contribution >= 0.6 is 0 Å². The van der Waals surface area contributed by atoms with Gasteiger partial charge in [0.05, 0.1) is 6.04 Å². The number of nitrogens with one attached hydrogen (secondary N) is 3. The summed E-state index contributed by atoms with van der Waals surface area (Å²) in [6.45, 7) is 17.1. The van der Waals surface area contributed by atoms with Crippen molar-refractivity contribution in [2.24, 2.45) is 17.8 Å². The van der Waals surface area contributed by atoms with Crippen LogP contribution in [0.2, 0.25) is 0 Å². The molecular formula is C32H52N4O6. The van der Waals surface area contributed by atoms with Crippen molar-refractivity contribution < 1.29 is 28.7 Å². The highest BCUT2D eigenvalue weighted by Gasteiger charge is 2.47. The summed E-state index contributed by atoms with van der Waals surface area (Å²) in [6, 6.07) is -2.70. The predicted octanol–water partition coefficient (Wildman–Crippen LogP) is 4.05. The third-order valence-corrected chi connectivity index (χ3v) is 8.08. The number of carbonyl (C=O) groups is 5. The number of ether oxygens (including phenoxy) is 1. The molecule has 0 bridgehead atoms. The maximum atomic E-state index is 14.2. The number of alkyl carbamates (subject to hydrolysis) is 1. The minimum atomic E-state index is -1.04. The van der Waals surface area contributed by atoms with Crippen LogP contribution in [0.15, 0.2) is 25.3 Å². The first-order valence-corrected chi connectivity index (χ1v) is 15.4. The number of nitrogens with zero attached hydrogens (tertiary/aromatic N) is 1. The van der Waals surface area contributed by atoms with Crippen molar-refractivity contribution in [2.45, 2.75) is 116 Å². The Morgan fingerprint density at radius 2 is 1.64 bits per heavy atom. The number of rotatable bonds is 14. The van der Waals surface area contributed by atoms with Gasteiger partial charge in [-0.05, 0) is 77.0 Å². The minimum absolute atomic E-state index is 0.0673. The Labute approximate surface area is 251 Å². The van der Waals surface area contributed by atoms with Crippen molar-refractivity contribution in [3.05, 3.63) is 25.3 Å². The Bertz CT molecular complexity index is 982. The second kappa shape index (κ2) is 16.5. The molecule has 10 heteroatoms. The van der Waals surface area contributed by atoms with Gasteiger partial charge in [-0.25, -0.2) is 4.79 Å². The fourth-order valence-electron chi connectivity index (χ4n) is 5.96. The normalized spacial score (nSPS) is 20.8. The fourth-order valence-corrected chi connectivity index (χ4v) is 5.96. The summed E-state index contributed by atoms with van der Waals surface area (Å²) < 4.78 is 5.49. The van der Waals surface area contributed by atoms with Crippen LogP contribution in [0.5, 0.6) is 0 Å².